The first-order valence-corrected chi connectivity index (χ1v) is 10.7. The van der Waals surface area contributed by atoms with Gasteiger partial charge >= 0.3 is 0 Å². The Morgan fingerprint density at radius 3 is 2.13 bits per heavy atom. The van der Waals surface area contributed by atoms with Crippen LogP contribution in [0, 0.1) is 0 Å². The number of methoxy groups -OCH3 is 3. The molecule has 1 saturated heterocycles. The summed E-state index contributed by atoms with van der Waals surface area (Å²) in [6.07, 6.45) is 3.20. The number of fused-ring (bicyclic) bond motifs is 2. The number of hydrogen-bond donors (Lipinski definition) is 0. The number of hydrogen-bond acceptors (Lipinski definition) is 7. The van der Waals surface area contributed by atoms with E-state index in [-0.39, 0.29) is 12.7 Å². The van der Waals surface area contributed by atoms with Crippen molar-refractivity contribution < 1.29 is 28.4 Å². The van der Waals surface area contributed by atoms with Crippen molar-refractivity contribution in [3.63, 3.8) is 0 Å². The van der Waals surface area contributed by atoms with E-state index in [1.165, 1.54) is 12.8 Å². The van der Waals surface area contributed by atoms with Gasteiger partial charge in [0.15, 0.2) is 28.7 Å². The number of nitrogens with zero attached hydrogens (tertiary/aromatic N) is 1. The van der Waals surface area contributed by atoms with Gasteiger partial charge in [0.1, 0.15) is 5.75 Å². The summed E-state index contributed by atoms with van der Waals surface area (Å²) in [4.78, 5) is 2.45. The molecule has 7 nitrogen and oxygen atoms in total. The summed E-state index contributed by atoms with van der Waals surface area (Å²) in [5.74, 6) is 4.27. The van der Waals surface area contributed by atoms with Crippen LogP contribution in [0.3, 0.4) is 0 Å². The standard InChI is InChI=1S/C24H29NO6/c1-24(25-7-5-6-8-25)13-17(15-9-21(26-2)23(28-4)22(10-15)27-3)16-11-19-20(30-14-29-19)12-18(16)31-24/h9-12,17H,5-8,13-14H2,1-4H3. The van der Waals surface area contributed by atoms with Gasteiger partial charge in [0.2, 0.25) is 12.5 Å². The SMILES string of the molecule is COc1cc(C2CC(C)(N3CCCC3)Oc3cc4c(cc32)OCO4)cc(OC)c1OC. The maximum Gasteiger partial charge on any atom is 0.231 e. The molecular formula is C24H29NO6. The van der Waals surface area contributed by atoms with Crippen molar-refractivity contribution in [2.75, 3.05) is 41.2 Å². The van der Waals surface area contributed by atoms with Crippen LogP contribution in [0.2, 0.25) is 0 Å². The van der Waals surface area contributed by atoms with Crippen molar-refractivity contribution in [2.45, 2.75) is 37.8 Å². The van der Waals surface area contributed by atoms with Crippen LogP contribution < -0.4 is 28.4 Å². The molecule has 31 heavy (non-hydrogen) atoms. The van der Waals surface area contributed by atoms with Crippen LogP contribution in [0.4, 0.5) is 0 Å². The van der Waals surface area contributed by atoms with Crippen LogP contribution in [0.5, 0.6) is 34.5 Å². The first kappa shape index (κ1) is 20.1. The van der Waals surface area contributed by atoms with E-state index in [1.807, 2.05) is 18.2 Å². The van der Waals surface area contributed by atoms with Crippen molar-refractivity contribution in [3.05, 3.63) is 35.4 Å². The fraction of sp³-hybridized carbons (Fsp3) is 0.500. The Morgan fingerprint density at radius 1 is 0.871 bits per heavy atom. The molecule has 0 aromatic heterocycles. The normalized spacial score (nSPS) is 24.5. The van der Waals surface area contributed by atoms with E-state index >= 15 is 0 Å². The van der Waals surface area contributed by atoms with Gasteiger partial charge in [-0.05, 0) is 43.5 Å². The minimum absolute atomic E-state index is 0.0672. The number of likely N-dealkylation sites (tertiary alicyclic amines) is 1. The molecule has 0 radical (unpaired) electrons. The van der Waals surface area contributed by atoms with Gasteiger partial charge < -0.3 is 28.4 Å². The number of benzene rings is 2. The second kappa shape index (κ2) is 7.71. The summed E-state index contributed by atoms with van der Waals surface area (Å²) in [6.45, 7) is 4.50. The van der Waals surface area contributed by atoms with Crippen molar-refractivity contribution in [1.29, 1.82) is 0 Å². The van der Waals surface area contributed by atoms with Gasteiger partial charge in [0.25, 0.3) is 0 Å². The highest BCUT2D eigenvalue weighted by molar-refractivity contribution is 5.60. The van der Waals surface area contributed by atoms with E-state index in [9.17, 15) is 0 Å². The van der Waals surface area contributed by atoms with E-state index in [0.29, 0.717) is 17.2 Å². The third-order valence-corrected chi connectivity index (χ3v) is 6.66. The van der Waals surface area contributed by atoms with Crippen molar-refractivity contribution in [1.82, 2.24) is 4.90 Å². The molecule has 2 atom stereocenters. The van der Waals surface area contributed by atoms with E-state index in [1.54, 1.807) is 21.3 Å². The summed E-state index contributed by atoms with van der Waals surface area (Å²) >= 11 is 0. The predicted octanol–water partition coefficient (Wildman–Crippen LogP) is 4.17. The Balaban J connectivity index is 1.65. The fourth-order valence-corrected chi connectivity index (χ4v) is 5.05. The maximum atomic E-state index is 6.64. The second-order valence-corrected chi connectivity index (χ2v) is 8.43. The van der Waals surface area contributed by atoms with Gasteiger partial charge in [0, 0.05) is 37.1 Å². The fourth-order valence-electron chi connectivity index (χ4n) is 5.05. The molecule has 3 aliphatic heterocycles. The quantitative estimate of drug-likeness (QED) is 0.710. The van der Waals surface area contributed by atoms with Crippen LogP contribution in [0.25, 0.3) is 0 Å². The smallest absolute Gasteiger partial charge is 0.231 e. The van der Waals surface area contributed by atoms with Crippen LogP contribution in [0.1, 0.15) is 43.2 Å². The molecule has 2 aromatic rings. The molecule has 5 rings (SSSR count). The van der Waals surface area contributed by atoms with Gasteiger partial charge in [-0.1, -0.05) is 0 Å². The summed E-state index contributed by atoms with van der Waals surface area (Å²) in [5, 5.41) is 0. The monoisotopic (exact) mass is 427 g/mol. The first-order valence-electron chi connectivity index (χ1n) is 10.7. The zero-order valence-electron chi connectivity index (χ0n) is 18.5. The summed E-state index contributed by atoms with van der Waals surface area (Å²) < 4.78 is 34.7. The molecule has 3 aliphatic rings. The van der Waals surface area contributed by atoms with E-state index in [4.69, 9.17) is 28.4 Å². The van der Waals surface area contributed by atoms with Crippen LogP contribution in [-0.4, -0.2) is 51.8 Å². The molecule has 0 N–H and O–H groups in total. The van der Waals surface area contributed by atoms with E-state index in [0.717, 1.165) is 47.9 Å². The molecule has 0 bridgehead atoms. The topological polar surface area (TPSA) is 58.6 Å². The molecular weight excluding hydrogens is 398 g/mol. The highest BCUT2D eigenvalue weighted by atomic mass is 16.7. The average molecular weight is 427 g/mol. The highest BCUT2D eigenvalue weighted by Crippen LogP contribution is 2.52. The second-order valence-electron chi connectivity index (χ2n) is 8.43. The first-order chi connectivity index (χ1) is 15.1. The van der Waals surface area contributed by atoms with Crippen LogP contribution in [0.15, 0.2) is 24.3 Å². The van der Waals surface area contributed by atoms with Gasteiger partial charge in [-0.2, -0.15) is 0 Å². The summed E-state index contributed by atoms with van der Waals surface area (Å²) in [7, 11) is 4.91. The lowest BCUT2D eigenvalue weighted by Crippen LogP contribution is -2.52. The van der Waals surface area contributed by atoms with E-state index in [2.05, 4.69) is 17.9 Å². The van der Waals surface area contributed by atoms with Crippen molar-refractivity contribution in [3.8, 4) is 34.5 Å². The van der Waals surface area contributed by atoms with E-state index < -0.39 is 5.72 Å². The lowest BCUT2D eigenvalue weighted by molar-refractivity contribution is -0.0768. The zero-order chi connectivity index (χ0) is 21.6. The third kappa shape index (κ3) is 3.31. The molecule has 0 spiro atoms. The molecule has 0 saturated carbocycles. The molecule has 1 fully saturated rings. The molecule has 2 unspecified atom stereocenters. The van der Waals surface area contributed by atoms with Crippen molar-refractivity contribution >= 4 is 0 Å². The summed E-state index contributed by atoms with van der Waals surface area (Å²) in [6, 6.07) is 8.09. The lowest BCUT2D eigenvalue weighted by atomic mass is 9.81. The minimum Gasteiger partial charge on any atom is -0.493 e. The maximum absolute atomic E-state index is 6.64. The Hall–Kier alpha value is -2.80. The van der Waals surface area contributed by atoms with Gasteiger partial charge in [-0.25, -0.2) is 0 Å². The molecule has 7 heteroatoms. The largest absolute Gasteiger partial charge is 0.493 e. The Labute approximate surface area is 182 Å². The highest BCUT2D eigenvalue weighted by Gasteiger charge is 2.44. The Kier molecular flexibility index (Phi) is 5.01. The van der Waals surface area contributed by atoms with Gasteiger partial charge in [-0.15, -0.1) is 0 Å². The lowest BCUT2D eigenvalue weighted by Gasteiger charge is -2.45. The van der Waals surface area contributed by atoms with Crippen LogP contribution >= 0.6 is 0 Å². The number of ether oxygens (including phenoxy) is 6. The minimum atomic E-state index is -0.414. The molecule has 166 valence electrons. The summed E-state index contributed by atoms with van der Waals surface area (Å²) in [5.41, 5.74) is 1.75. The number of rotatable bonds is 5. The molecule has 0 amide bonds. The van der Waals surface area contributed by atoms with Crippen molar-refractivity contribution in [2.24, 2.45) is 0 Å². The third-order valence-electron chi connectivity index (χ3n) is 6.66. The average Bonchev–Trinajstić information content (AvgIpc) is 3.48. The Morgan fingerprint density at radius 2 is 1.52 bits per heavy atom. The predicted molar refractivity (Wildman–Crippen MR) is 115 cm³/mol. The molecule has 2 aromatic carbocycles. The molecule has 0 aliphatic carbocycles. The van der Waals surface area contributed by atoms with Crippen LogP contribution in [-0.2, 0) is 0 Å². The van der Waals surface area contributed by atoms with Gasteiger partial charge in [-0.3, -0.25) is 4.90 Å². The Bertz CT molecular complexity index is 961. The molecule has 3 heterocycles. The zero-order valence-corrected chi connectivity index (χ0v) is 18.5. The van der Waals surface area contributed by atoms with Gasteiger partial charge in [0.05, 0.1) is 21.3 Å².